The number of carboxylic acids is 1. The molecule has 100 valence electrons. The Morgan fingerprint density at radius 3 is 2.61 bits per heavy atom. The number of carbonyl (C=O) groups excluding carboxylic acids is 1. The first-order chi connectivity index (χ1) is 8.30. The minimum absolute atomic E-state index is 0.284. The fourth-order valence-electron chi connectivity index (χ4n) is 1.33. The molecule has 6 nitrogen and oxygen atoms in total. The van der Waals surface area contributed by atoms with Crippen molar-refractivity contribution in [3.63, 3.8) is 0 Å². The Bertz CT molecular complexity index is 412. The third kappa shape index (κ3) is 4.33. The largest absolute Gasteiger partial charge is 0.480 e. The standard InChI is InChI=1S/C11H17N3O3S/c1-11(2,3)8(9(15)16)14-10(17)12-4-7-5-18-6-13-7/h5-6,8H,4H2,1-3H3,(H,15,16)(H2,12,14,17)/t8-/m1/s1. The lowest BCUT2D eigenvalue weighted by molar-refractivity contribution is -0.141. The third-order valence-corrected chi connectivity index (χ3v) is 2.94. The smallest absolute Gasteiger partial charge is 0.326 e. The van der Waals surface area contributed by atoms with Gasteiger partial charge in [-0.2, -0.15) is 0 Å². The van der Waals surface area contributed by atoms with Crippen LogP contribution in [0.25, 0.3) is 0 Å². The van der Waals surface area contributed by atoms with Crippen LogP contribution >= 0.6 is 11.3 Å². The van der Waals surface area contributed by atoms with Crippen molar-refractivity contribution < 1.29 is 14.7 Å². The Morgan fingerprint density at radius 1 is 1.50 bits per heavy atom. The van der Waals surface area contributed by atoms with E-state index in [1.807, 2.05) is 5.38 Å². The first-order valence-corrected chi connectivity index (χ1v) is 6.39. The predicted molar refractivity (Wildman–Crippen MR) is 68.4 cm³/mol. The van der Waals surface area contributed by atoms with Crippen molar-refractivity contribution in [2.45, 2.75) is 33.4 Å². The van der Waals surface area contributed by atoms with Gasteiger partial charge in [0.1, 0.15) is 6.04 Å². The van der Waals surface area contributed by atoms with Crippen molar-refractivity contribution >= 4 is 23.3 Å². The second-order valence-corrected chi connectivity index (χ2v) is 5.66. The molecule has 0 aliphatic rings. The zero-order valence-corrected chi connectivity index (χ0v) is 11.4. The maximum atomic E-state index is 11.6. The van der Waals surface area contributed by atoms with E-state index in [9.17, 15) is 9.59 Å². The maximum Gasteiger partial charge on any atom is 0.326 e. The topological polar surface area (TPSA) is 91.3 Å². The van der Waals surface area contributed by atoms with Gasteiger partial charge in [-0.3, -0.25) is 0 Å². The van der Waals surface area contributed by atoms with Crippen molar-refractivity contribution in [3.05, 3.63) is 16.6 Å². The number of carboxylic acid groups (broad SMARTS) is 1. The second-order valence-electron chi connectivity index (χ2n) is 4.94. The number of aliphatic carboxylic acids is 1. The van der Waals surface area contributed by atoms with Gasteiger partial charge in [0, 0.05) is 5.38 Å². The molecule has 0 bridgehead atoms. The second kappa shape index (κ2) is 5.81. The van der Waals surface area contributed by atoms with Gasteiger partial charge in [0.25, 0.3) is 0 Å². The van der Waals surface area contributed by atoms with Gasteiger partial charge in [-0.1, -0.05) is 20.8 Å². The Kier molecular flexibility index (Phi) is 4.66. The van der Waals surface area contributed by atoms with Gasteiger partial charge in [0.2, 0.25) is 0 Å². The molecule has 3 N–H and O–H groups in total. The van der Waals surface area contributed by atoms with E-state index in [0.29, 0.717) is 0 Å². The Hall–Kier alpha value is -1.63. The van der Waals surface area contributed by atoms with Crippen LogP contribution in [0.5, 0.6) is 0 Å². The van der Waals surface area contributed by atoms with Crippen LogP contribution in [0, 0.1) is 5.41 Å². The molecule has 1 atom stereocenters. The first kappa shape index (κ1) is 14.4. The lowest BCUT2D eigenvalue weighted by Crippen LogP contribution is -2.52. The average molecular weight is 271 g/mol. The van der Waals surface area contributed by atoms with Gasteiger partial charge in [0.15, 0.2) is 0 Å². The SMILES string of the molecule is CC(C)(C)[C@H](NC(=O)NCc1cscn1)C(=O)O. The summed E-state index contributed by atoms with van der Waals surface area (Å²) in [5.74, 6) is -1.05. The molecule has 0 unspecified atom stereocenters. The van der Waals surface area contributed by atoms with E-state index in [1.54, 1.807) is 26.3 Å². The number of carbonyl (C=O) groups is 2. The minimum atomic E-state index is -1.05. The van der Waals surface area contributed by atoms with Crippen LogP contribution in [-0.2, 0) is 11.3 Å². The molecule has 1 heterocycles. The number of rotatable bonds is 4. The van der Waals surface area contributed by atoms with E-state index in [-0.39, 0.29) is 6.54 Å². The molecule has 1 rings (SSSR count). The van der Waals surface area contributed by atoms with Crippen LogP contribution in [0.3, 0.4) is 0 Å². The Labute approximate surface area is 109 Å². The Morgan fingerprint density at radius 2 is 2.17 bits per heavy atom. The molecule has 0 spiro atoms. The summed E-state index contributed by atoms with van der Waals surface area (Å²) in [6.45, 7) is 5.55. The summed E-state index contributed by atoms with van der Waals surface area (Å²) in [6, 6.07) is -1.45. The molecule has 7 heteroatoms. The number of hydrogen-bond acceptors (Lipinski definition) is 4. The summed E-state index contributed by atoms with van der Waals surface area (Å²) < 4.78 is 0. The molecule has 1 aromatic heterocycles. The average Bonchev–Trinajstić information content (AvgIpc) is 2.73. The van der Waals surface area contributed by atoms with Crippen LogP contribution in [0.1, 0.15) is 26.5 Å². The van der Waals surface area contributed by atoms with Crippen LogP contribution < -0.4 is 10.6 Å². The van der Waals surface area contributed by atoms with Crippen LogP contribution in [0.4, 0.5) is 4.79 Å². The van der Waals surface area contributed by atoms with E-state index in [2.05, 4.69) is 15.6 Å². The summed E-state index contributed by atoms with van der Waals surface area (Å²) in [4.78, 5) is 26.7. The first-order valence-electron chi connectivity index (χ1n) is 5.45. The monoisotopic (exact) mass is 271 g/mol. The highest BCUT2D eigenvalue weighted by molar-refractivity contribution is 7.07. The molecule has 0 aromatic carbocycles. The van der Waals surface area contributed by atoms with E-state index >= 15 is 0 Å². The van der Waals surface area contributed by atoms with E-state index in [0.717, 1.165) is 5.69 Å². The van der Waals surface area contributed by atoms with Crippen LogP contribution in [0.2, 0.25) is 0 Å². The summed E-state index contributed by atoms with van der Waals surface area (Å²) in [5, 5.41) is 15.9. The zero-order chi connectivity index (χ0) is 13.8. The van der Waals surface area contributed by atoms with E-state index in [1.165, 1.54) is 11.3 Å². The number of urea groups is 1. The fraction of sp³-hybridized carbons (Fsp3) is 0.545. The summed E-state index contributed by atoms with van der Waals surface area (Å²) in [5.41, 5.74) is 1.87. The van der Waals surface area contributed by atoms with Crippen molar-refractivity contribution in [2.24, 2.45) is 5.41 Å². The summed E-state index contributed by atoms with van der Waals surface area (Å²) >= 11 is 1.44. The summed E-state index contributed by atoms with van der Waals surface area (Å²) in [7, 11) is 0. The van der Waals surface area contributed by atoms with Gasteiger partial charge in [-0.15, -0.1) is 11.3 Å². The number of nitrogens with zero attached hydrogens (tertiary/aromatic N) is 1. The third-order valence-electron chi connectivity index (χ3n) is 2.30. The molecule has 2 amide bonds. The van der Waals surface area contributed by atoms with Gasteiger partial charge in [-0.25, -0.2) is 14.6 Å². The Balaban J connectivity index is 2.49. The number of nitrogens with one attached hydrogen (secondary N) is 2. The lowest BCUT2D eigenvalue weighted by atomic mass is 9.87. The highest BCUT2D eigenvalue weighted by Gasteiger charge is 2.32. The van der Waals surface area contributed by atoms with E-state index < -0.39 is 23.5 Å². The van der Waals surface area contributed by atoms with Crippen molar-refractivity contribution in [3.8, 4) is 0 Å². The molecule has 18 heavy (non-hydrogen) atoms. The molecule has 0 saturated heterocycles. The number of amides is 2. The number of thiazole rings is 1. The number of hydrogen-bond donors (Lipinski definition) is 3. The van der Waals surface area contributed by atoms with Gasteiger partial charge in [0.05, 0.1) is 17.7 Å². The highest BCUT2D eigenvalue weighted by Crippen LogP contribution is 2.19. The highest BCUT2D eigenvalue weighted by atomic mass is 32.1. The van der Waals surface area contributed by atoms with Crippen molar-refractivity contribution in [2.75, 3.05) is 0 Å². The number of aromatic nitrogens is 1. The van der Waals surface area contributed by atoms with Gasteiger partial charge < -0.3 is 15.7 Å². The van der Waals surface area contributed by atoms with Gasteiger partial charge >= 0.3 is 12.0 Å². The molecule has 0 fully saturated rings. The molecule has 0 saturated carbocycles. The molecule has 1 aromatic rings. The molecule has 0 aliphatic carbocycles. The van der Waals surface area contributed by atoms with Crippen molar-refractivity contribution in [1.82, 2.24) is 15.6 Å². The predicted octanol–water partition coefficient (Wildman–Crippen LogP) is 1.44. The quantitative estimate of drug-likeness (QED) is 0.772. The fourth-order valence-corrected chi connectivity index (χ4v) is 1.88. The van der Waals surface area contributed by atoms with Crippen LogP contribution in [0.15, 0.2) is 10.9 Å². The normalized spacial score (nSPS) is 12.8. The zero-order valence-electron chi connectivity index (χ0n) is 10.6. The van der Waals surface area contributed by atoms with Crippen LogP contribution in [-0.4, -0.2) is 28.1 Å². The maximum absolute atomic E-state index is 11.6. The minimum Gasteiger partial charge on any atom is -0.480 e. The molecule has 0 aliphatic heterocycles. The molecule has 0 radical (unpaired) electrons. The van der Waals surface area contributed by atoms with Gasteiger partial charge in [-0.05, 0) is 5.41 Å². The lowest BCUT2D eigenvalue weighted by Gasteiger charge is -2.27. The van der Waals surface area contributed by atoms with Crippen molar-refractivity contribution in [1.29, 1.82) is 0 Å². The molecular formula is C11H17N3O3S. The summed E-state index contributed by atoms with van der Waals surface area (Å²) in [6.07, 6.45) is 0. The van der Waals surface area contributed by atoms with E-state index in [4.69, 9.17) is 5.11 Å². The molecular weight excluding hydrogens is 254 g/mol.